The third kappa shape index (κ3) is 1.35. The second-order valence-corrected chi connectivity index (χ2v) is 3.11. The fourth-order valence-corrected chi connectivity index (χ4v) is 1.36. The zero-order valence-electron chi connectivity index (χ0n) is 7.78. The summed E-state index contributed by atoms with van der Waals surface area (Å²) in [6, 6.07) is 6.22. The normalized spacial score (nSPS) is 10.3. The molecule has 1 aromatic heterocycles. The summed E-state index contributed by atoms with van der Waals surface area (Å²) in [5.74, 6) is 0. The Morgan fingerprint density at radius 2 is 2.15 bits per heavy atom. The summed E-state index contributed by atoms with van der Waals surface area (Å²) in [5.41, 5.74) is 3.72. The van der Waals surface area contributed by atoms with E-state index in [9.17, 15) is 0 Å². The van der Waals surface area contributed by atoms with Crippen molar-refractivity contribution < 1.29 is 0 Å². The lowest BCUT2D eigenvalue weighted by molar-refractivity contribution is 1.03. The molecule has 2 heteroatoms. The molecule has 0 aliphatic rings. The molecule has 0 atom stereocenters. The smallest absolute Gasteiger partial charge is 0.0997 e. The van der Waals surface area contributed by atoms with Gasteiger partial charge in [-0.15, -0.1) is 0 Å². The van der Waals surface area contributed by atoms with Crippen LogP contribution in [0.2, 0.25) is 0 Å². The molecule has 13 heavy (non-hydrogen) atoms. The SMILES string of the molecule is Cc1cccc(-n2[c]cnc2)c1C. The van der Waals surface area contributed by atoms with Gasteiger partial charge in [-0.3, -0.25) is 4.57 Å². The summed E-state index contributed by atoms with van der Waals surface area (Å²) >= 11 is 0. The highest BCUT2D eigenvalue weighted by Crippen LogP contribution is 2.16. The Morgan fingerprint density at radius 3 is 2.85 bits per heavy atom. The van der Waals surface area contributed by atoms with Gasteiger partial charge in [0.2, 0.25) is 0 Å². The Morgan fingerprint density at radius 1 is 1.31 bits per heavy atom. The van der Waals surface area contributed by atoms with Gasteiger partial charge in [-0.1, -0.05) is 12.1 Å². The molecular formula is C11H11N2. The number of benzene rings is 1. The van der Waals surface area contributed by atoms with E-state index in [2.05, 4.69) is 37.2 Å². The maximum absolute atomic E-state index is 3.98. The standard InChI is InChI=1S/C11H11N2/c1-9-4-3-5-11(10(9)2)13-7-6-12-8-13/h3-6,8H,1-2H3. The molecule has 0 bridgehead atoms. The van der Waals surface area contributed by atoms with Crippen LogP contribution in [0.25, 0.3) is 5.69 Å². The Bertz CT molecular complexity index is 402. The van der Waals surface area contributed by atoms with E-state index in [1.54, 1.807) is 12.5 Å². The molecule has 0 unspecified atom stereocenters. The quantitative estimate of drug-likeness (QED) is 0.643. The number of nitrogens with zero attached hydrogens (tertiary/aromatic N) is 2. The first-order valence-corrected chi connectivity index (χ1v) is 4.25. The first kappa shape index (κ1) is 8.05. The van der Waals surface area contributed by atoms with Crippen molar-refractivity contribution in [2.24, 2.45) is 0 Å². The maximum atomic E-state index is 3.98. The van der Waals surface area contributed by atoms with Crippen LogP contribution in [0.3, 0.4) is 0 Å². The lowest BCUT2D eigenvalue weighted by Crippen LogP contribution is -1.95. The van der Waals surface area contributed by atoms with Crippen LogP contribution >= 0.6 is 0 Å². The van der Waals surface area contributed by atoms with Crippen molar-refractivity contribution in [1.29, 1.82) is 0 Å². The largest absolute Gasteiger partial charge is 0.297 e. The van der Waals surface area contributed by atoms with Gasteiger partial charge in [0.25, 0.3) is 0 Å². The van der Waals surface area contributed by atoms with E-state index < -0.39 is 0 Å². The van der Waals surface area contributed by atoms with Crippen LogP contribution in [0, 0.1) is 20.0 Å². The summed E-state index contributed by atoms with van der Waals surface area (Å²) < 4.78 is 1.91. The van der Waals surface area contributed by atoms with E-state index in [0.29, 0.717) is 0 Å². The first-order valence-electron chi connectivity index (χ1n) is 4.25. The van der Waals surface area contributed by atoms with E-state index in [-0.39, 0.29) is 0 Å². The van der Waals surface area contributed by atoms with E-state index in [4.69, 9.17) is 0 Å². The van der Waals surface area contributed by atoms with Crippen molar-refractivity contribution in [3.8, 4) is 5.69 Å². The van der Waals surface area contributed by atoms with Crippen LogP contribution in [0.15, 0.2) is 30.7 Å². The van der Waals surface area contributed by atoms with Crippen LogP contribution in [0.5, 0.6) is 0 Å². The van der Waals surface area contributed by atoms with E-state index in [1.807, 2.05) is 10.6 Å². The summed E-state index contributed by atoms with van der Waals surface area (Å²) in [6.07, 6.45) is 6.46. The minimum Gasteiger partial charge on any atom is -0.297 e. The minimum absolute atomic E-state index is 1.15. The summed E-state index contributed by atoms with van der Waals surface area (Å²) in [7, 11) is 0. The van der Waals surface area contributed by atoms with E-state index in [1.165, 1.54) is 11.1 Å². The lowest BCUT2D eigenvalue weighted by Gasteiger charge is -2.07. The predicted molar refractivity (Wildman–Crippen MR) is 51.9 cm³/mol. The molecule has 2 rings (SSSR count). The molecule has 0 aliphatic heterocycles. The first-order chi connectivity index (χ1) is 6.29. The zero-order chi connectivity index (χ0) is 9.26. The van der Waals surface area contributed by atoms with E-state index >= 15 is 0 Å². The van der Waals surface area contributed by atoms with Gasteiger partial charge < -0.3 is 0 Å². The molecule has 1 heterocycles. The summed E-state index contributed by atoms with van der Waals surface area (Å²) in [6.45, 7) is 4.22. The summed E-state index contributed by atoms with van der Waals surface area (Å²) in [5, 5.41) is 0. The fourth-order valence-electron chi connectivity index (χ4n) is 1.36. The van der Waals surface area contributed by atoms with Gasteiger partial charge in [-0.25, -0.2) is 4.98 Å². The highest BCUT2D eigenvalue weighted by Gasteiger charge is 2.01. The van der Waals surface area contributed by atoms with Gasteiger partial charge in [0, 0.05) is 0 Å². The average molecular weight is 171 g/mol. The Labute approximate surface area is 77.9 Å². The average Bonchev–Trinajstić information content (AvgIpc) is 2.62. The molecule has 0 saturated carbocycles. The third-order valence-corrected chi connectivity index (χ3v) is 2.29. The molecule has 2 aromatic rings. The Hall–Kier alpha value is -1.57. The van der Waals surface area contributed by atoms with Gasteiger partial charge in [-0.2, -0.15) is 0 Å². The van der Waals surface area contributed by atoms with Crippen molar-refractivity contribution >= 4 is 0 Å². The van der Waals surface area contributed by atoms with Crippen LogP contribution < -0.4 is 0 Å². The second-order valence-electron chi connectivity index (χ2n) is 3.11. The van der Waals surface area contributed by atoms with Crippen molar-refractivity contribution in [3.05, 3.63) is 48.0 Å². The topological polar surface area (TPSA) is 17.8 Å². The van der Waals surface area contributed by atoms with Crippen LogP contribution in [0.4, 0.5) is 0 Å². The van der Waals surface area contributed by atoms with Crippen LogP contribution in [0.1, 0.15) is 11.1 Å². The lowest BCUT2D eigenvalue weighted by atomic mass is 10.1. The number of hydrogen-bond acceptors (Lipinski definition) is 1. The number of rotatable bonds is 1. The van der Waals surface area contributed by atoms with Crippen molar-refractivity contribution in [2.75, 3.05) is 0 Å². The number of aryl methyl sites for hydroxylation is 1. The maximum Gasteiger partial charge on any atom is 0.0997 e. The third-order valence-electron chi connectivity index (χ3n) is 2.29. The van der Waals surface area contributed by atoms with Gasteiger partial charge in [0.05, 0.1) is 24.4 Å². The van der Waals surface area contributed by atoms with Crippen molar-refractivity contribution in [2.45, 2.75) is 13.8 Å². The molecule has 65 valence electrons. The highest BCUT2D eigenvalue weighted by atomic mass is 15.0. The molecule has 0 N–H and O–H groups in total. The second kappa shape index (κ2) is 3.05. The molecule has 0 saturated heterocycles. The van der Waals surface area contributed by atoms with E-state index in [0.717, 1.165) is 5.69 Å². The molecule has 0 fully saturated rings. The number of imidazole rings is 1. The highest BCUT2D eigenvalue weighted by molar-refractivity contribution is 5.44. The molecule has 0 aliphatic carbocycles. The van der Waals surface area contributed by atoms with Crippen molar-refractivity contribution in [3.63, 3.8) is 0 Å². The number of hydrogen-bond donors (Lipinski definition) is 0. The van der Waals surface area contributed by atoms with Crippen LogP contribution in [-0.4, -0.2) is 9.55 Å². The van der Waals surface area contributed by atoms with Gasteiger partial charge in [0.1, 0.15) is 0 Å². The zero-order valence-corrected chi connectivity index (χ0v) is 7.78. The van der Waals surface area contributed by atoms with Gasteiger partial charge in [0.15, 0.2) is 0 Å². The monoisotopic (exact) mass is 171 g/mol. The Kier molecular flexibility index (Phi) is 1.89. The van der Waals surface area contributed by atoms with Crippen molar-refractivity contribution in [1.82, 2.24) is 9.55 Å². The molecule has 0 amide bonds. The predicted octanol–water partition coefficient (Wildman–Crippen LogP) is 2.29. The minimum atomic E-state index is 1.15. The van der Waals surface area contributed by atoms with Gasteiger partial charge >= 0.3 is 0 Å². The molecular weight excluding hydrogens is 160 g/mol. The fraction of sp³-hybridized carbons (Fsp3) is 0.182. The molecule has 1 aromatic carbocycles. The van der Waals surface area contributed by atoms with Crippen LogP contribution in [-0.2, 0) is 0 Å². The molecule has 0 spiro atoms. The number of aromatic nitrogens is 2. The Balaban J connectivity index is 2.59. The summed E-state index contributed by atoms with van der Waals surface area (Å²) in [4.78, 5) is 3.98. The van der Waals surface area contributed by atoms with Gasteiger partial charge in [-0.05, 0) is 31.0 Å². The molecule has 2 nitrogen and oxygen atoms in total. The molecule has 1 radical (unpaired) electrons.